The monoisotopic (exact) mass is 489 g/mol. The second kappa shape index (κ2) is 22.6. The molecular weight excluding hydrogens is 454 g/mol. The van der Waals surface area contributed by atoms with Crippen LogP contribution in [0.2, 0.25) is 0 Å². The summed E-state index contributed by atoms with van der Waals surface area (Å²) in [7, 11) is 7.21. The molecule has 15 heteroatoms. The molecule has 0 spiro atoms. The van der Waals surface area contributed by atoms with Gasteiger partial charge >= 0.3 is 24.0 Å². The van der Waals surface area contributed by atoms with Crippen LogP contribution in [0, 0.1) is 25.4 Å². The molecule has 0 fully saturated rings. The number of hydrogen-bond donors (Lipinski definition) is 0. The van der Waals surface area contributed by atoms with Gasteiger partial charge in [0.15, 0.2) is 13.6 Å². The normalized spacial score (nSPS) is 8.65. The molecule has 2 aromatic heterocycles. The highest BCUT2D eigenvalue weighted by Gasteiger charge is 2.05. The number of hydrogen-bond acceptors (Lipinski definition) is 15. The third kappa shape index (κ3) is 17.0. The van der Waals surface area contributed by atoms with Gasteiger partial charge in [-0.25, -0.2) is 4.98 Å². The molecule has 2 rings (SSSR count). The van der Waals surface area contributed by atoms with E-state index in [2.05, 4.69) is 39.4 Å². The smallest absolute Gasteiger partial charge is 0.325 e. The molecular formula is C19H35N7O8. The molecule has 0 saturated carbocycles. The number of nitriles is 1. The Hall–Kier alpha value is -3.61. The fourth-order valence-electron chi connectivity index (χ4n) is 1.55. The van der Waals surface area contributed by atoms with Crippen molar-refractivity contribution in [3.63, 3.8) is 0 Å². The van der Waals surface area contributed by atoms with E-state index in [4.69, 9.17) is 33.7 Å². The molecule has 0 aromatic carbocycles. The fraction of sp³-hybridized carbons (Fsp3) is 0.632. The Morgan fingerprint density at radius 1 is 0.618 bits per heavy atom. The molecule has 2 aromatic rings. The average Bonchev–Trinajstić information content (AvgIpc) is 2.80. The van der Waals surface area contributed by atoms with Gasteiger partial charge in [0.25, 0.3) is 6.26 Å². The first kappa shape index (κ1) is 35.0. The molecule has 0 aliphatic carbocycles. The fourth-order valence-corrected chi connectivity index (χ4v) is 1.55. The van der Waals surface area contributed by atoms with Gasteiger partial charge in [0.2, 0.25) is 0 Å². The number of nitrogens with zero attached hydrogens (tertiary/aromatic N) is 7. The lowest BCUT2D eigenvalue weighted by Crippen LogP contribution is -2.10. The van der Waals surface area contributed by atoms with Crippen molar-refractivity contribution in [3.8, 4) is 30.3 Å². The quantitative estimate of drug-likeness (QED) is 0.267. The van der Waals surface area contributed by atoms with Gasteiger partial charge in [-0.1, -0.05) is 14.9 Å². The minimum Gasteiger partial charge on any atom is -0.467 e. The Morgan fingerprint density at radius 2 is 1.03 bits per heavy atom. The molecule has 0 N–H and O–H groups in total. The Kier molecular flexibility index (Phi) is 23.2. The summed E-state index contributed by atoms with van der Waals surface area (Å²) in [5.41, 5.74) is 0. The maximum Gasteiger partial charge on any atom is 0.325 e. The Labute approximate surface area is 200 Å². The van der Waals surface area contributed by atoms with Crippen molar-refractivity contribution in [3.05, 3.63) is 11.6 Å². The molecule has 194 valence electrons. The van der Waals surface area contributed by atoms with Crippen LogP contribution in [-0.4, -0.2) is 85.8 Å². The molecule has 34 heavy (non-hydrogen) atoms. The van der Waals surface area contributed by atoms with E-state index < -0.39 is 0 Å². The minimum atomic E-state index is 0. The number of ether oxygens (including phenoxy) is 8. The molecule has 0 radical (unpaired) electrons. The highest BCUT2D eigenvalue weighted by atomic mass is 16.8. The third-order valence-electron chi connectivity index (χ3n) is 2.69. The maximum absolute atomic E-state index is 7.40. The summed E-state index contributed by atoms with van der Waals surface area (Å²) in [4.78, 5) is 23.3. The van der Waals surface area contributed by atoms with Crippen LogP contribution in [0.4, 0.5) is 0 Å². The second-order valence-electron chi connectivity index (χ2n) is 5.00. The lowest BCUT2D eigenvalue weighted by Gasteiger charge is -2.06. The van der Waals surface area contributed by atoms with Crippen molar-refractivity contribution in [2.75, 3.05) is 55.9 Å². The number of methoxy groups -OCH3 is 5. The van der Waals surface area contributed by atoms with Gasteiger partial charge in [-0.15, -0.1) is 15.0 Å². The predicted molar refractivity (Wildman–Crippen MR) is 119 cm³/mol. The molecule has 15 nitrogen and oxygen atoms in total. The van der Waals surface area contributed by atoms with Gasteiger partial charge in [-0.2, -0.15) is 15.2 Å². The Balaban J connectivity index is -0.000000476. The molecule has 0 aliphatic heterocycles. The van der Waals surface area contributed by atoms with E-state index in [9.17, 15) is 0 Å². The molecule has 2 heterocycles. The van der Waals surface area contributed by atoms with Crippen LogP contribution in [0.5, 0.6) is 24.0 Å². The van der Waals surface area contributed by atoms with E-state index in [-0.39, 0.29) is 59.3 Å². The summed E-state index contributed by atoms with van der Waals surface area (Å²) < 4.78 is 37.9. The van der Waals surface area contributed by atoms with E-state index in [0.717, 1.165) is 0 Å². The molecule has 0 bridgehead atoms. The third-order valence-corrected chi connectivity index (χ3v) is 2.69. The van der Waals surface area contributed by atoms with Crippen molar-refractivity contribution in [1.82, 2.24) is 29.9 Å². The van der Waals surface area contributed by atoms with Crippen LogP contribution in [0.15, 0.2) is 0 Å². The molecule has 0 atom stereocenters. The summed E-state index contributed by atoms with van der Waals surface area (Å²) in [5, 5.41) is 7.40. The van der Waals surface area contributed by atoms with Gasteiger partial charge < -0.3 is 37.9 Å². The van der Waals surface area contributed by atoms with Gasteiger partial charge in [0, 0.05) is 7.11 Å². The van der Waals surface area contributed by atoms with E-state index in [0.29, 0.717) is 11.6 Å². The zero-order chi connectivity index (χ0) is 24.2. The summed E-state index contributed by atoms with van der Waals surface area (Å²) in [6, 6.07) is 0.743. The first-order valence-electron chi connectivity index (χ1n) is 8.70. The number of aromatic nitrogens is 6. The first-order chi connectivity index (χ1) is 15.4. The largest absolute Gasteiger partial charge is 0.467 e. The van der Waals surface area contributed by atoms with E-state index in [1.54, 1.807) is 13.8 Å². The second-order valence-corrected chi connectivity index (χ2v) is 5.00. The zero-order valence-corrected chi connectivity index (χ0v) is 19.0. The van der Waals surface area contributed by atoms with Crippen molar-refractivity contribution < 1.29 is 37.9 Å². The van der Waals surface area contributed by atoms with Crippen molar-refractivity contribution in [2.24, 2.45) is 0 Å². The Morgan fingerprint density at radius 3 is 1.38 bits per heavy atom. The van der Waals surface area contributed by atoms with Crippen molar-refractivity contribution in [2.45, 2.75) is 28.7 Å². The molecule has 0 aliphatic rings. The lowest BCUT2D eigenvalue weighted by molar-refractivity contribution is -0.146. The summed E-state index contributed by atoms with van der Waals surface area (Å²) in [5.74, 6) is 1.22. The Bertz CT molecular complexity index is 733. The van der Waals surface area contributed by atoms with Crippen molar-refractivity contribution in [1.29, 1.82) is 5.26 Å². The van der Waals surface area contributed by atoms with Crippen molar-refractivity contribution >= 4 is 0 Å². The SMILES string of the molecule is C.C.COC#N.COCOCOCOc1nc(C)nc(C)n1.COc1nc(OC)nc(OC)n1. The van der Waals surface area contributed by atoms with Crippen LogP contribution in [0.1, 0.15) is 26.5 Å². The van der Waals surface area contributed by atoms with Gasteiger partial charge in [0.05, 0.1) is 28.4 Å². The van der Waals surface area contributed by atoms with Gasteiger partial charge in [-0.3, -0.25) is 0 Å². The van der Waals surface area contributed by atoms with E-state index in [1.165, 1.54) is 41.8 Å². The van der Waals surface area contributed by atoms with Crippen LogP contribution in [-0.2, 0) is 18.9 Å². The van der Waals surface area contributed by atoms with Gasteiger partial charge in [-0.05, 0) is 13.8 Å². The summed E-state index contributed by atoms with van der Waals surface area (Å²) in [6.45, 7) is 3.83. The topological polar surface area (TPSA) is 175 Å². The van der Waals surface area contributed by atoms with E-state index in [1.807, 2.05) is 0 Å². The van der Waals surface area contributed by atoms with E-state index >= 15 is 0 Å². The minimum absolute atomic E-state index is 0. The molecule has 0 unspecified atom stereocenters. The molecule has 0 saturated heterocycles. The average molecular weight is 490 g/mol. The first-order valence-corrected chi connectivity index (χ1v) is 8.70. The number of aryl methyl sites for hydroxylation is 2. The standard InChI is InChI=1S/C9H15N3O4.C6H9N3O3.C2H3NO.2CH4/c1-7-10-8(2)12-9(11-7)16-6-15-5-14-4-13-3;1-10-4-7-5(11-2)9-6(8-4)12-3;1-4-2-3;;/h4-6H2,1-3H3;1-3H3;1H3;2*1H4. The predicted octanol–water partition coefficient (Wildman–Crippen LogP) is 1.70. The molecule has 0 amide bonds. The number of rotatable bonds is 10. The highest BCUT2D eigenvalue weighted by Crippen LogP contribution is 2.12. The van der Waals surface area contributed by atoms with Gasteiger partial charge in [0.1, 0.15) is 18.4 Å². The lowest BCUT2D eigenvalue weighted by atomic mass is 10.6. The van der Waals surface area contributed by atoms with Crippen LogP contribution in [0.3, 0.4) is 0 Å². The van der Waals surface area contributed by atoms with Crippen LogP contribution in [0.25, 0.3) is 0 Å². The zero-order valence-electron chi connectivity index (χ0n) is 19.0. The maximum atomic E-state index is 7.40. The van der Waals surface area contributed by atoms with Crippen LogP contribution >= 0.6 is 0 Å². The highest BCUT2D eigenvalue weighted by molar-refractivity contribution is 5.08. The summed E-state index contributed by atoms with van der Waals surface area (Å²) in [6.07, 6.45) is 1.43. The summed E-state index contributed by atoms with van der Waals surface area (Å²) >= 11 is 0. The van der Waals surface area contributed by atoms with Crippen LogP contribution < -0.4 is 18.9 Å².